The number of rotatable bonds is 4. The van der Waals surface area contributed by atoms with Crippen LogP contribution in [0.25, 0.3) is 0 Å². The van der Waals surface area contributed by atoms with Gasteiger partial charge < -0.3 is 15.2 Å². The quantitative estimate of drug-likeness (QED) is 0.776. The van der Waals surface area contributed by atoms with E-state index in [4.69, 9.17) is 4.74 Å². The Hall–Kier alpha value is -1.10. The fourth-order valence-corrected chi connectivity index (χ4v) is 3.50. The van der Waals surface area contributed by atoms with Crippen molar-refractivity contribution in [1.82, 2.24) is 5.32 Å². The second-order valence-corrected chi connectivity index (χ2v) is 6.57. The Balaban J connectivity index is 1.75. The second kappa shape index (κ2) is 7.25. The average molecular weight is 297 g/mol. The fraction of sp³-hybridized carbons (Fsp3) is 0.875. The number of carbonyl (C=O) groups is 2. The summed E-state index contributed by atoms with van der Waals surface area (Å²) in [6.45, 7) is 0.302. The van der Waals surface area contributed by atoms with Crippen molar-refractivity contribution in [2.24, 2.45) is 11.8 Å². The molecule has 0 unspecified atom stereocenters. The van der Waals surface area contributed by atoms with Crippen LogP contribution in [0, 0.1) is 11.8 Å². The van der Waals surface area contributed by atoms with E-state index in [2.05, 4.69) is 5.32 Å². The maximum absolute atomic E-state index is 12.1. The normalized spacial score (nSPS) is 30.7. The molecule has 2 aliphatic carbocycles. The number of nitrogens with one attached hydrogen (secondary N) is 1. The number of hydrogen-bond acceptors (Lipinski definition) is 4. The predicted molar refractivity (Wildman–Crippen MR) is 78.5 cm³/mol. The zero-order valence-electron chi connectivity index (χ0n) is 12.9. The molecule has 120 valence electrons. The van der Waals surface area contributed by atoms with E-state index in [9.17, 15) is 14.7 Å². The summed E-state index contributed by atoms with van der Waals surface area (Å²) in [5, 5.41) is 13.4. The lowest BCUT2D eigenvalue weighted by Gasteiger charge is -2.35. The van der Waals surface area contributed by atoms with Crippen molar-refractivity contribution in [3.63, 3.8) is 0 Å². The molecule has 2 aliphatic rings. The topological polar surface area (TPSA) is 75.6 Å². The van der Waals surface area contributed by atoms with Crippen LogP contribution in [0.4, 0.5) is 0 Å². The monoisotopic (exact) mass is 297 g/mol. The summed E-state index contributed by atoms with van der Waals surface area (Å²) in [5.74, 6) is -0.0976. The van der Waals surface area contributed by atoms with Gasteiger partial charge in [0.1, 0.15) is 0 Å². The van der Waals surface area contributed by atoms with Gasteiger partial charge in [-0.25, -0.2) is 0 Å². The molecule has 21 heavy (non-hydrogen) atoms. The van der Waals surface area contributed by atoms with Crippen molar-refractivity contribution in [1.29, 1.82) is 0 Å². The van der Waals surface area contributed by atoms with Gasteiger partial charge in [-0.15, -0.1) is 0 Å². The van der Waals surface area contributed by atoms with Gasteiger partial charge in [-0.3, -0.25) is 9.59 Å². The van der Waals surface area contributed by atoms with Crippen LogP contribution in [0.5, 0.6) is 0 Å². The van der Waals surface area contributed by atoms with Crippen molar-refractivity contribution < 1.29 is 19.4 Å². The number of amides is 1. The molecule has 0 radical (unpaired) electrons. The zero-order valence-corrected chi connectivity index (χ0v) is 12.9. The van der Waals surface area contributed by atoms with Crippen molar-refractivity contribution >= 4 is 11.9 Å². The first kappa shape index (κ1) is 16.3. The van der Waals surface area contributed by atoms with Crippen molar-refractivity contribution in [3.8, 4) is 0 Å². The summed E-state index contributed by atoms with van der Waals surface area (Å²) in [6.07, 6.45) is 7.75. The molecule has 0 aromatic rings. The van der Waals surface area contributed by atoms with Gasteiger partial charge in [0.05, 0.1) is 18.6 Å². The molecule has 0 aromatic heterocycles. The lowest BCUT2D eigenvalue weighted by molar-refractivity contribution is -0.148. The van der Waals surface area contributed by atoms with Gasteiger partial charge in [0, 0.05) is 12.5 Å². The average Bonchev–Trinajstić information content (AvgIpc) is 2.53. The first-order chi connectivity index (χ1) is 10.0. The summed E-state index contributed by atoms with van der Waals surface area (Å²) in [4.78, 5) is 23.6. The van der Waals surface area contributed by atoms with Crippen LogP contribution in [0.2, 0.25) is 0 Å². The maximum Gasteiger partial charge on any atom is 0.308 e. The Morgan fingerprint density at radius 1 is 1.10 bits per heavy atom. The largest absolute Gasteiger partial charge is 0.469 e. The molecule has 0 aliphatic heterocycles. The molecule has 5 heteroatoms. The van der Waals surface area contributed by atoms with E-state index in [1.165, 1.54) is 13.5 Å². The van der Waals surface area contributed by atoms with Crippen molar-refractivity contribution in [3.05, 3.63) is 0 Å². The summed E-state index contributed by atoms with van der Waals surface area (Å²) in [7, 11) is 1.40. The van der Waals surface area contributed by atoms with E-state index >= 15 is 0 Å². The molecule has 0 heterocycles. The molecular weight excluding hydrogens is 270 g/mol. The Labute approximate surface area is 126 Å². The van der Waals surface area contributed by atoms with E-state index < -0.39 is 5.60 Å². The summed E-state index contributed by atoms with van der Waals surface area (Å²) < 4.78 is 4.75. The fourth-order valence-electron chi connectivity index (χ4n) is 3.50. The number of hydrogen-bond donors (Lipinski definition) is 2. The number of methoxy groups -OCH3 is 1. The van der Waals surface area contributed by atoms with Gasteiger partial charge >= 0.3 is 5.97 Å². The number of aliphatic hydroxyl groups is 1. The SMILES string of the molecule is COC(=O)C1CCC(O)(CNC(=O)C2CCCCC2)CC1. The molecule has 0 atom stereocenters. The molecule has 2 rings (SSSR count). The number of ether oxygens (including phenoxy) is 1. The zero-order chi connectivity index (χ0) is 15.3. The highest BCUT2D eigenvalue weighted by Gasteiger charge is 2.36. The Morgan fingerprint density at radius 2 is 1.71 bits per heavy atom. The molecule has 2 N–H and O–H groups in total. The van der Waals surface area contributed by atoms with Crippen LogP contribution in [-0.4, -0.2) is 36.2 Å². The van der Waals surface area contributed by atoms with E-state index in [1.54, 1.807) is 0 Å². The minimum atomic E-state index is -0.866. The Bertz CT molecular complexity index is 368. The number of esters is 1. The molecule has 2 saturated carbocycles. The van der Waals surface area contributed by atoms with Gasteiger partial charge in [-0.05, 0) is 38.5 Å². The lowest BCUT2D eigenvalue weighted by Crippen LogP contribution is -2.47. The third-order valence-corrected chi connectivity index (χ3v) is 5.02. The second-order valence-electron chi connectivity index (χ2n) is 6.57. The van der Waals surface area contributed by atoms with Crippen LogP contribution in [0.1, 0.15) is 57.8 Å². The highest BCUT2D eigenvalue weighted by Crippen LogP contribution is 2.32. The van der Waals surface area contributed by atoms with E-state index in [0.717, 1.165) is 25.7 Å². The summed E-state index contributed by atoms with van der Waals surface area (Å²) >= 11 is 0. The molecule has 1 amide bonds. The molecule has 2 fully saturated rings. The van der Waals surface area contributed by atoms with E-state index in [1.807, 2.05) is 0 Å². The predicted octanol–water partition coefficient (Wildman–Crippen LogP) is 1.78. The molecule has 0 spiro atoms. The summed E-state index contributed by atoms with van der Waals surface area (Å²) in [6, 6.07) is 0. The smallest absolute Gasteiger partial charge is 0.308 e. The Morgan fingerprint density at radius 3 is 2.29 bits per heavy atom. The molecule has 5 nitrogen and oxygen atoms in total. The van der Waals surface area contributed by atoms with E-state index in [0.29, 0.717) is 32.2 Å². The van der Waals surface area contributed by atoms with Gasteiger partial charge in [0.15, 0.2) is 0 Å². The van der Waals surface area contributed by atoms with Crippen LogP contribution in [0.15, 0.2) is 0 Å². The van der Waals surface area contributed by atoms with Crippen molar-refractivity contribution in [2.75, 3.05) is 13.7 Å². The number of carbonyl (C=O) groups excluding carboxylic acids is 2. The van der Waals surface area contributed by atoms with Crippen LogP contribution in [0.3, 0.4) is 0 Å². The molecule has 0 bridgehead atoms. The van der Waals surface area contributed by atoms with Crippen molar-refractivity contribution in [2.45, 2.75) is 63.4 Å². The van der Waals surface area contributed by atoms with Gasteiger partial charge in [0.2, 0.25) is 5.91 Å². The lowest BCUT2D eigenvalue weighted by atomic mass is 9.78. The summed E-state index contributed by atoms with van der Waals surface area (Å²) in [5.41, 5.74) is -0.866. The Kier molecular flexibility index (Phi) is 5.62. The highest BCUT2D eigenvalue weighted by atomic mass is 16.5. The first-order valence-corrected chi connectivity index (χ1v) is 8.12. The molecule has 0 aromatic carbocycles. The standard InChI is InChI=1S/C16H27NO4/c1-21-15(19)13-7-9-16(20,10-8-13)11-17-14(18)12-5-3-2-4-6-12/h12-13,20H,2-11H2,1H3,(H,17,18). The van der Waals surface area contributed by atoms with Gasteiger partial charge in [-0.1, -0.05) is 19.3 Å². The van der Waals surface area contributed by atoms with Crippen LogP contribution >= 0.6 is 0 Å². The highest BCUT2D eigenvalue weighted by molar-refractivity contribution is 5.78. The minimum absolute atomic E-state index is 0.0817. The van der Waals surface area contributed by atoms with Gasteiger partial charge in [-0.2, -0.15) is 0 Å². The molecular formula is C16H27NO4. The minimum Gasteiger partial charge on any atom is -0.469 e. The first-order valence-electron chi connectivity index (χ1n) is 8.12. The maximum atomic E-state index is 12.1. The van der Waals surface area contributed by atoms with Crippen LogP contribution < -0.4 is 5.32 Å². The van der Waals surface area contributed by atoms with Crippen LogP contribution in [-0.2, 0) is 14.3 Å². The van der Waals surface area contributed by atoms with E-state index in [-0.39, 0.29) is 23.7 Å². The van der Waals surface area contributed by atoms with Gasteiger partial charge in [0.25, 0.3) is 0 Å². The third-order valence-electron chi connectivity index (χ3n) is 5.02. The third kappa shape index (κ3) is 4.43. The molecule has 0 saturated heterocycles.